The summed E-state index contributed by atoms with van der Waals surface area (Å²) in [7, 11) is 3.98. The molecule has 1 aliphatic heterocycles. The summed E-state index contributed by atoms with van der Waals surface area (Å²) in [6.07, 6.45) is -3.19. The summed E-state index contributed by atoms with van der Waals surface area (Å²) in [6, 6.07) is 13.1. The van der Waals surface area contributed by atoms with Gasteiger partial charge in [0.2, 0.25) is 17.7 Å². The Morgan fingerprint density at radius 2 is 1.56 bits per heavy atom. The van der Waals surface area contributed by atoms with Crippen molar-refractivity contribution in [2.45, 2.75) is 83.7 Å². The second-order valence-electron chi connectivity index (χ2n) is 14.0. The SMILES string of the molecule is CC(C)CC1C(=O)NC(C2Cc3ccccc3C2)C(=O)N1C(C(=O)NC(C)(C)C)c1ccc(OCCN(C)C)cc1.O=C(O)C(F)(F)F. The van der Waals surface area contributed by atoms with Gasteiger partial charge in [-0.15, -0.1) is 0 Å². The molecule has 13 heteroatoms. The minimum Gasteiger partial charge on any atom is -0.492 e. The molecule has 1 saturated heterocycles. The zero-order valence-corrected chi connectivity index (χ0v) is 28.6. The molecule has 1 aliphatic carbocycles. The molecule has 10 nitrogen and oxygen atoms in total. The average Bonchev–Trinajstić information content (AvgIpc) is 3.40. The van der Waals surface area contributed by atoms with Crippen LogP contribution < -0.4 is 15.4 Å². The van der Waals surface area contributed by atoms with Gasteiger partial charge in [0, 0.05) is 12.1 Å². The smallest absolute Gasteiger partial charge is 0.490 e. The average molecular weight is 677 g/mol. The second kappa shape index (κ2) is 15.8. The number of halogens is 3. The van der Waals surface area contributed by atoms with Crippen molar-refractivity contribution >= 4 is 23.7 Å². The van der Waals surface area contributed by atoms with E-state index in [0.717, 1.165) is 6.54 Å². The second-order valence-corrected chi connectivity index (χ2v) is 14.0. The van der Waals surface area contributed by atoms with Crippen LogP contribution in [0.1, 0.15) is 63.8 Å². The van der Waals surface area contributed by atoms with Crippen LogP contribution in [0.5, 0.6) is 5.75 Å². The topological polar surface area (TPSA) is 128 Å². The minimum absolute atomic E-state index is 0.0647. The van der Waals surface area contributed by atoms with Gasteiger partial charge in [0.05, 0.1) is 0 Å². The molecule has 3 N–H and O–H groups in total. The first kappa shape index (κ1) is 38.3. The third-order valence-corrected chi connectivity index (χ3v) is 7.98. The quantitative estimate of drug-likeness (QED) is 0.341. The van der Waals surface area contributed by atoms with Crippen molar-refractivity contribution < 1.29 is 42.2 Å². The van der Waals surface area contributed by atoms with Crippen LogP contribution in [0.15, 0.2) is 48.5 Å². The Morgan fingerprint density at radius 3 is 2.02 bits per heavy atom. The van der Waals surface area contributed by atoms with Crippen molar-refractivity contribution in [1.82, 2.24) is 20.4 Å². The molecule has 3 unspecified atom stereocenters. The number of nitrogens with zero attached hydrogens (tertiary/aromatic N) is 2. The van der Waals surface area contributed by atoms with E-state index in [2.05, 4.69) is 22.8 Å². The standard InChI is InChI=1S/C33H46N4O4.C2HF3O2/c1-21(2)18-27-30(38)34-28(25-19-23-10-8-9-11-24(23)20-25)32(40)37(27)29(31(39)35-33(3,4)5)22-12-14-26(15-13-22)41-17-16-36(6)7;3-2(4,5)1(6)7/h8-15,21,25,27-29H,16-20H2,1-7H3,(H,34,38)(H,35,39);(H,6,7). The molecule has 264 valence electrons. The lowest BCUT2D eigenvalue weighted by atomic mass is 9.87. The molecule has 1 heterocycles. The number of piperazine rings is 1. The number of likely N-dealkylation sites (N-methyl/N-ethyl adjacent to an activating group) is 1. The van der Waals surface area contributed by atoms with Crippen molar-refractivity contribution in [1.29, 1.82) is 0 Å². The molecule has 0 aromatic heterocycles. The van der Waals surface area contributed by atoms with E-state index in [9.17, 15) is 27.6 Å². The highest BCUT2D eigenvalue weighted by Crippen LogP contribution is 2.36. The van der Waals surface area contributed by atoms with Gasteiger partial charge in [-0.25, -0.2) is 4.79 Å². The number of carbonyl (C=O) groups excluding carboxylic acids is 3. The number of aliphatic carboxylic acids is 1. The predicted octanol–water partition coefficient (Wildman–Crippen LogP) is 4.37. The molecule has 3 amide bonds. The molecule has 0 bridgehead atoms. The fraction of sp³-hybridized carbons (Fsp3) is 0.543. The van der Waals surface area contributed by atoms with E-state index in [1.165, 1.54) is 11.1 Å². The van der Waals surface area contributed by atoms with Crippen molar-refractivity contribution in [2.75, 3.05) is 27.2 Å². The molecule has 48 heavy (non-hydrogen) atoms. The van der Waals surface area contributed by atoms with Crippen LogP contribution in [0.25, 0.3) is 0 Å². The highest BCUT2D eigenvalue weighted by molar-refractivity contribution is 6.00. The van der Waals surface area contributed by atoms with E-state index in [1.54, 1.807) is 4.90 Å². The molecular formula is C35H47F3N4O6. The van der Waals surface area contributed by atoms with E-state index in [4.69, 9.17) is 14.6 Å². The lowest BCUT2D eigenvalue weighted by Crippen LogP contribution is -2.67. The minimum atomic E-state index is -5.08. The largest absolute Gasteiger partial charge is 0.492 e. The van der Waals surface area contributed by atoms with Crippen molar-refractivity contribution in [3.05, 3.63) is 65.2 Å². The van der Waals surface area contributed by atoms with Crippen LogP contribution >= 0.6 is 0 Å². The Balaban J connectivity index is 0.000000804. The van der Waals surface area contributed by atoms with Gasteiger partial charge in [0.1, 0.15) is 30.5 Å². The lowest BCUT2D eigenvalue weighted by molar-refractivity contribution is -0.192. The molecular weight excluding hydrogens is 629 g/mol. The molecule has 2 aliphatic rings. The van der Waals surface area contributed by atoms with Gasteiger partial charge >= 0.3 is 12.1 Å². The van der Waals surface area contributed by atoms with Gasteiger partial charge in [-0.2, -0.15) is 13.2 Å². The number of benzene rings is 2. The van der Waals surface area contributed by atoms with E-state index < -0.39 is 35.8 Å². The Kier molecular flexibility index (Phi) is 12.6. The summed E-state index contributed by atoms with van der Waals surface area (Å²) < 4.78 is 37.6. The van der Waals surface area contributed by atoms with Crippen LogP contribution in [-0.4, -0.2) is 89.6 Å². The molecule has 0 radical (unpaired) electrons. The monoisotopic (exact) mass is 676 g/mol. The number of carboxylic acids is 1. The number of carboxylic acid groups (broad SMARTS) is 1. The first-order chi connectivity index (χ1) is 22.3. The van der Waals surface area contributed by atoms with Crippen molar-refractivity contribution in [3.8, 4) is 5.75 Å². The van der Waals surface area contributed by atoms with Crippen molar-refractivity contribution in [3.63, 3.8) is 0 Å². The van der Waals surface area contributed by atoms with Gasteiger partial charge in [0.25, 0.3) is 0 Å². The van der Waals surface area contributed by atoms with E-state index in [0.29, 0.717) is 37.2 Å². The Bertz CT molecular complexity index is 1410. The Morgan fingerprint density at radius 1 is 1.02 bits per heavy atom. The Labute approximate surface area is 280 Å². The normalized spacial score (nSPS) is 19.0. The maximum Gasteiger partial charge on any atom is 0.490 e. The predicted molar refractivity (Wildman–Crippen MR) is 174 cm³/mol. The van der Waals surface area contributed by atoms with Gasteiger partial charge in [-0.05, 0) is 94.8 Å². The third-order valence-electron chi connectivity index (χ3n) is 7.98. The first-order valence-corrected chi connectivity index (χ1v) is 16.0. The maximum atomic E-state index is 14.5. The molecule has 1 fully saturated rings. The zero-order chi connectivity index (χ0) is 36.0. The molecule has 0 saturated carbocycles. The third kappa shape index (κ3) is 10.4. The van der Waals surface area contributed by atoms with Gasteiger partial charge in [-0.3, -0.25) is 14.4 Å². The van der Waals surface area contributed by atoms with Crippen LogP contribution in [0.4, 0.5) is 13.2 Å². The molecule has 2 aromatic carbocycles. The van der Waals surface area contributed by atoms with Gasteiger partial charge < -0.3 is 30.3 Å². The van der Waals surface area contributed by atoms with Crippen LogP contribution in [0.3, 0.4) is 0 Å². The number of amides is 3. The summed E-state index contributed by atoms with van der Waals surface area (Å²) in [4.78, 5) is 54.7. The maximum absolute atomic E-state index is 14.5. The van der Waals surface area contributed by atoms with Crippen LogP contribution in [-0.2, 0) is 32.0 Å². The van der Waals surface area contributed by atoms with E-state index in [-0.39, 0.29) is 29.6 Å². The number of carbonyl (C=O) groups is 4. The van der Waals surface area contributed by atoms with Crippen LogP contribution in [0, 0.1) is 11.8 Å². The highest BCUT2D eigenvalue weighted by Gasteiger charge is 2.49. The summed E-state index contributed by atoms with van der Waals surface area (Å²) in [5, 5.41) is 13.3. The fourth-order valence-electron chi connectivity index (χ4n) is 5.84. The van der Waals surface area contributed by atoms with E-state index in [1.807, 2.05) is 90.0 Å². The summed E-state index contributed by atoms with van der Waals surface area (Å²) in [5.41, 5.74) is 2.55. The molecule has 2 aromatic rings. The van der Waals surface area contributed by atoms with Crippen LogP contribution in [0.2, 0.25) is 0 Å². The lowest BCUT2D eigenvalue weighted by Gasteiger charge is -2.45. The number of fused-ring (bicyclic) bond motifs is 1. The number of hydrogen-bond acceptors (Lipinski definition) is 6. The Hall–Kier alpha value is -4.13. The number of hydrogen-bond donors (Lipinski definition) is 3. The molecule has 4 rings (SSSR count). The van der Waals surface area contributed by atoms with E-state index >= 15 is 0 Å². The zero-order valence-electron chi connectivity index (χ0n) is 28.6. The summed E-state index contributed by atoms with van der Waals surface area (Å²) >= 11 is 0. The number of nitrogens with one attached hydrogen (secondary N) is 2. The molecule has 3 atom stereocenters. The highest BCUT2D eigenvalue weighted by atomic mass is 19.4. The van der Waals surface area contributed by atoms with Crippen molar-refractivity contribution in [2.24, 2.45) is 11.8 Å². The number of ether oxygens (including phenoxy) is 1. The summed E-state index contributed by atoms with van der Waals surface area (Å²) in [6.45, 7) is 11.1. The fourth-order valence-corrected chi connectivity index (χ4v) is 5.84. The number of rotatable bonds is 10. The summed E-state index contributed by atoms with van der Waals surface area (Å²) in [5.74, 6) is -2.69. The first-order valence-electron chi connectivity index (χ1n) is 16.0. The van der Waals surface area contributed by atoms with Gasteiger partial charge in [-0.1, -0.05) is 50.2 Å². The van der Waals surface area contributed by atoms with Gasteiger partial charge in [0.15, 0.2) is 0 Å². The number of alkyl halides is 3. The molecule has 0 spiro atoms.